The van der Waals surface area contributed by atoms with Gasteiger partial charge in [-0.1, -0.05) is 0 Å². The van der Waals surface area contributed by atoms with Gasteiger partial charge in [0.05, 0.1) is 5.69 Å². The number of rotatable bonds is 3. The Labute approximate surface area is 117 Å². The van der Waals surface area contributed by atoms with Crippen LogP contribution in [0.1, 0.15) is 13.8 Å². The van der Waals surface area contributed by atoms with Gasteiger partial charge in [-0.15, -0.1) is 0 Å². The molecule has 6 heteroatoms. The van der Waals surface area contributed by atoms with Crippen molar-refractivity contribution in [3.05, 3.63) is 38.7 Å². The fraction of sp³-hybridized carbons (Fsp3) is 0.167. The zero-order chi connectivity index (χ0) is 13.9. The molecule has 1 aromatic carbocycles. The Bertz CT molecular complexity index is 540. The van der Waals surface area contributed by atoms with Crippen molar-refractivity contribution in [3.63, 3.8) is 0 Å². The molecule has 0 spiro atoms. The van der Waals surface area contributed by atoms with Crippen molar-refractivity contribution in [3.8, 4) is 0 Å². The van der Waals surface area contributed by atoms with E-state index in [2.05, 4.69) is 5.32 Å². The summed E-state index contributed by atoms with van der Waals surface area (Å²) >= 11 is 1.89. The molecule has 0 aliphatic carbocycles. The summed E-state index contributed by atoms with van der Waals surface area (Å²) < 4.78 is 13.4. The summed E-state index contributed by atoms with van der Waals surface area (Å²) in [6.45, 7) is 2.78. The van der Waals surface area contributed by atoms with E-state index in [-0.39, 0.29) is 11.1 Å². The lowest BCUT2D eigenvalue weighted by molar-refractivity contribution is -0.133. The van der Waals surface area contributed by atoms with Crippen molar-refractivity contribution in [1.82, 2.24) is 0 Å². The third kappa shape index (κ3) is 3.52. The standard InChI is InChI=1S/C12H11FINO3/c1-6(7(2)12(17)18)11(16)15-10-4-3-8(13)5-9(10)14/h3-5H,1-2H3,(H,15,16)(H,17,18). The average molecular weight is 363 g/mol. The normalized spacial score (nSPS) is 11.8. The highest BCUT2D eigenvalue weighted by Crippen LogP contribution is 2.20. The quantitative estimate of drug-likeness (QED) is 0.641. The third-order valence-corrected chi connectivity index (χ3v) is 3.30. The first-order valence-electron chi connectivity index (χ1n) is 5.00. The molecule has 0 aromatic heterocycles. The molecule has 0 saturated heterocycles. The van der Waals surface area contributed by atoms with E-state index in [0.29, 0.717) is 9.26 Å². The molecule has 0 saturated carbocycles. The molecule has 0 fully saturated rings. The van der Waals surface area contributed by atoms with Gasteiger partial charge >= 0.3 is 5.97 Å². The summed E-state index contributed by atoms with van der Waals surface area (Å²) in [5.41, 5.74) is 0.534. The van der Waals surface area contributed by atoms with Crippen LogP contribution in [0.2, 0.25) is 0 Å². The number of carbonyl (C=O) groups excluding carboxylic acids is 1. The molecular weight excluding hydrogens is 352 g/mol. The summed E-state index contributed by atoms with van der Waals surface area (Å²) in [7, 11) is 0. The molecule has 1 aromatic rings. The van der Waals surface area contributed by atoms with E-state index < -0.39 is 17.7 Å². The number of benzene rings is 1. The summed E-state index contributed by atoms with van der Waals surface area (Å²) in [5.74, 6) is -2.05. The minimum atomic E-state index is -1.14. The van der Waals surface area contributed by atoms with Crippen molar-refractivity contribution in [2.45, 2.75) is 13.8 Å². The van der Waals surface area contributed by atoms with Gasteiger partial charge in [0, 0.05) is 14.7 Å². The molecule has 18 heavy (non-hydrogen) atoms. The SMILES string of the molecule is CC(C(=O)O)=C(C)C(=O)Nc1ccc(F)cc1I. The highest BCUT2D eigenvalue weighted by Gasteiger charge is 2.13. The van der Waals surface area contributed by atoms with Gasteiger partial charge in [0.2, 0.25) is 0 Å². The number of anilines is 1. The zero-order valence-corrected chi connectivity index (χ0v) is 11.9. The molecule has 0 radical (unpaired) electrons. The largest absolute Gasteiger partial charge is 0.478 e. The van der Waals surface area contributed by atoms with Gasteiger partial charge in [0.25, 0.3) is 5.91 Å². The fourth-order valence-electron chi connectivity index (χ4n) is 1.14. The molecule has 0 atom stereocenters. The van der Waals surface area contributed by atoms with Crippen LogP contribution < -0.4 is 5.32 Å². The average Bonchev–Trinajstić information content (AvgIpc) is 2.30. The van der Waals surface area contributed by atoms with E-state index in [4.69, 9.17) is 5.11 Å². The van der Waals surface area contributed by atoms with Crippen molar-refractivity contribution >= 4 is 40.2 Å². The van der Waals surface area contributed by atoms with E-state index in [1.54, 1.807) is 0 Å². The van der Waals surface area contributed by atoms with E-state index in [9.17, 15) is 14.0 Å². The maximum absolute atomic E-state index is 12.9. The molecule has 1 amide bonds. The number of amides is 1. The highest BCUT2D eigenvalue weighted by atomic mass is 127. The predicted molar refractivity (Wildman–Crippen MR) is 73.8 cm³/mol. The topological polar surface area (TPSA) is 66.4 Å². The van der Waals surface area contributed by atoms with E-state index in [0.717, 1.165) is 0 Å². The van der Waals surface area contributed by atoms with Crippen LogP contribution in [0.3, 0.4) is 0 Å². The number of carbonyl (C=O) groups is 2. The minimum Gasteiger partial charge on any atom is -0.478 e. The van der Waals surface area contributed by atoms with E-state index in [1.807, 2.05) is 22.6 Å². The van der Waals surface area contributed by atoms with Gasteiger partial charge in [0.15, 0.2) is 0 Å². The maximum atomic E-state index is 12.9. The van der Waals surface area contributed by atoms with Gasteiger partial charge in [0.1, 0.15) is 5.82 Å². The van der Waals surface area contributed by atoms with Crippen molar-refractivity contribution < 1.29 is 19.1 Å². The van der Waals surface area contributed by atoms with Crippen LogP contribution in [0.5, 0.6) is 0 Å². The summed E-state index contributed by atoms with van der Waals surface area (Å²) in [5, 5.41) is 11.3. The molecule has 1 rings (SSSR count). The van der Waals surface area contributed by atoms with Gasteiger partial charge in [-0.05, 0) is 54.6 Å². The first-order valence-corrected chi connectivity index (χ1v) is 6.08. The van der Waals surface area contributed by atoms with Crippen LogP contribution in [-0.2, 0) is 9.59 Å². The van der Waals surface area contributed by atoms with Crippen molar-refractivity contribution in [2.24, 2.45) is 0 Å². The molecule has 0 aliphatic heterocycles. The van der Waals surface area contributed by atoms with Crippen molar-refractivity contribution in [1.29, 1.82) is 0 Å². The molecular formula is C12H11FINO3. The van der Waals surface area contributed by atoms with Crippen LogP contribution in [0.4, 0.5) is 10.1 Å². The molecule has 0 unspecified atom stereocenters. The van der Waals surface area contributed by atoms with Crippen molar-refractivity contribution in [2.75, 3.05) is 5.32 Å². The Hall–Kier alpha value is -1.44. The molecule has 96 valence electrons. The monoisotopic (exact) mass is 363 g/mol. The van der Waals surface area contributed by atoms with Crippen LogP contribution in [0.25, 0.3) is 0 Å². The van der Waals surface area contributed by atoms with Gasteiger partial charge in [-0.3, -0.25) is 4.79 Å². The lowest BCUT2D eigenvalue weighted by atomic mass is 10.1. The number of carboxylic acids is 1. The second kappa shape index (κ2) is 5.94. The number of hydrogen-bond donors (Lipinski definition) is 2. The minimum absolute atomic E-state index is 0.0235. The second-order valence-corrected chi connectivity index (χ2v) is 4.80. The zero-order valence-electron chi connectivity index (χ0n) is 9.75. The van der Waals surface area contributed by atoms with E-state index >= 15 is 0 Å². The van der Waals surface area contributed by atoms with Gasteiger partial charge < -0.3 is 10.4 Å². The molecule has 0 heterocycles. The second-order valence-electron chi connectivity index (χ2n) is 3.63. The molecule has 2 N–H and O–H groups in total. The number of hydrogen-bond acceptors (Lipinski definition) is 2. The first-order chi connectivity index (χ1) is 8.32. The lowest BCUT2D eigenvalue weighted by Gasteiger charge is -2.08. The molecule has 0 bridgehead atoms. The van der Waals surface area contributed by atoms with Gasteiger partial charge in [-0.2, -0.15) is 0 Å². The Balaban J connectivity index is 2.95. The smallest absolute Gasteiger partial charge is 0.331 e. The summed E-state index contributed by atoms with van der Waals surface area (Å²) in [6.07, 6.45) is 0. The predicted octanol–water partition coefficient (Wildman–Crippen LogP) is 2.79. The summed E-state index contributed by atoms with van der Waals surface area (Å²) in [6, 6.07) is 3.93. The van der Waals surface area contributed by atoms with E-state index in [1.165, 1.54) is 32.0 Å². The Kier molecular flexibility index (Phi) is 4.83. The number of aliphatic carboxylic acids is 1. The van der Waals surface area contributed by atoms with Gasteiger partial charge in [-0.25, -0.2) is 9.18 Å². The molecule has 0 aliphatic rings. The fourth-order valence-corrected chi connectivity index (χ4v) is 1.75. The Morgan fingerprint density at radius 3 is 2.39 bits per heavy atom. The number of nitrogens with one attached hydrogen (secondary N) is 1. The lowest BCUT2D eigenvalue weighted by Crippen LogP contribution is -2.16. The Morgan fingerprint density at radius 1 is 1.28 bits per heavy atom. The molecule has 4 nitrogen and oxygen atoms in total. The third-order valence-electron chi connectivity index (χ3n) is 2.40. The van der Waals surface area contributed by atoms with Crippen LogP contribution in [0.15, 0.2) is 29.3 Å². The number of halogens is 2. The van der Waals surface area contributed by atoms with Crippen LogP contribution in [-0.4, -0.2) is 17.0 Å². The number of carboxylic acid groups (broad SMARTS) is 1. The Morgan fingerprint density at radius 2 is 1.89 bits per heavy atom. The maximum Gasteiger partial charge on any atom is 0.331 e. The van der Waals surface area contributed by atoms with Crippen LogP contribution >= 0.6 is 22.6 Å². The highest BCUT2D eigenvalue weighted by molar-refractivity contribution is 14.1. The first kappa shape index (κ1) is 14.6. The summed E-state index contributed by atoms with van der Waals surface area (Å²) in [4.78, 5) is 22.5. The van der Waals surface area contributed by atoms with Crippen LogP contribution in [0, 0.1) is 9.39 Å².